The average molecular weight is 269 g/mol. The Bertz CT molecular complexity index is 623. The third kappa shape index (κ3) is 3.09. The quantitative estimate of drug-likeness (QED) is 0.473. The van der Waals surface area contributed by atoms with Crippen LogP contribution in [0.2, 0.25) is 0 Å². The van der Waals surface area contributed by atoms with Gasteiger partial charge < -0.3 is 0 Å². The molecule has 0 spiro atoms. The van der Waals surface area contributed by atoms with Crippen molar-refractivity contribution in [3.8, 4) is 0 Å². The van der Waals surface area contributed by atoms with Gasteiger partial charge in [-0.3, -0.25) is 14.9 Å². The molecule has 1 atom stereocenters. The zero-order valence-corrected chi connectivity index (χ0v) is 11.2. The molecule has 102 valence electrons. The number of ketones is 1. The molecule has 4 nitrogen and oxygen atoms in total. The van der Waals surface area contributed by atoms with E-state index in [2.05, 4.69) is 0 Å². The standard InChI is InChI=1S/C16H15NO3/c1-12(16(18)13-7-3-2-4-8-13)11-14-9-5-6-10-15(14)17(19)20/h2-10,12H,11H2,1H3. The van der Waals surface area contributed by atoms with Gasteiger partial charge in [0.25, 0.3) is 5.69 Å². The summed E-state index contributed by atoms with van der Waals surface area (Å²) in [6.07, 6.45) is 0.366. The molecule has 0 amide bonds. The van der Waals surface area contributed by atoms with E-state index in [0.29, 0.717) is 17.5 Å². The lowest BCUT2D eigenvalue weighted by Gasteiger charge is -2.10. The summed E-state index contributed by atoms with van der Waals surface area (Å²) >= 11 is 0. The van der Waals surface area contributed by atoms with Gasteiger partial charge >= 0.3 is 0 Å². The van der Waals surface area contributed by atoms with Crippen LogP contribution in [0.25, 0.3) is 0 Å². The number of rotatable bonds is 5. The second kappa shape index (κ2) is 6.10. The maximum Gasteiger partial charge on any atom is 0.272 e. The maximum atomic E-state index is 12.3. The first kappa shape index (κ1) is 13.9. The van der Waals surface area contributed by atoms with Gasteiger partial charge in [-0.1, -0.05) is 55.5 Å². The zero-order valence-electron chi connectivity index (χ0n) is 11.2. The van der Waals surface area contributed by atoms with E-state index in [4.69, 9.17) is 0 Å². The van der Waals surface area contributed by atoms with Gasteiger partial charge in [0.1, 0.15) is 0 Å². The van der Waals surface area contributed by atoms with E-state index in [1.165, 1.54) is 6.07 Å². The zero-order chi connectivity index (χ0) is 14.5. The lowest BCUT2D eigenvalue weighted by Crippen LogP contribution is -2.14. The van der Waals surface area contributed by atoms with Crippen LogP contribution in [-0.4, -0.2) is 10.7 Å². The van der Waals surface area contributed by atoms with Crippen molar-refractivity contribution in [2.45, 2.75) is 13.3 Å². The van der Waals surface area contributed by atoms with Crippen molar-refractivity contribution in [3.63, 3.8) is 0 Å². The van der Waals surface area contributed by atoms with Crippen molar-refractivity contribution in [1.29, 1.82) is 0 Å². The van der Waals surface area contributed by atoms with Crippen LogP contribution in [0.5, 0.6) is 0 Å². The van der Waals surface area contributed by atoms with Gasteiger partial charge in [-0.05, 0) is 6.42 Å². The molecule has 0 radical (unpaired) electrons. The molecule has 1 unspecified atom stereocenters. The third-order valence-electron chi connectivity index (χ3n) is 3.22. The van der Waals surface area contributed by atoms with E-state index >= 15 is 0 Å². The van der Waals surface area contributed by atoms with Crippen LogP contribution in [0.4, 0.5) is 5.69 Å². The maximum absolute atomic E-state index is 12.3. The number of Topliss-reactive ketones (excluding diaryl/α,β-unsaturated/α-hetero) is 1. The molecule has 0 heterocycles. The SMILES string of the molecule is CC(Cc1ccccc1[N+](=O)[O-])C(=O)c1ccccc1. The molecule has 2 aromatic rings. The molecule has 2 aromatic carbocycles. The van der Waals surface area contributed by atoms with Crippen molar-refractivity contribution in [2.24, 2.45) is 5.92 Å². The Morgan fingerprint density at radius 1 is 1.10 bits per heavy atom. The van der Waals surface area contributed by atoms with Gasteiger partial charge in [0, 0.05) is 23.1 Å². The Balaban J connectivity index is 2.18. The highest BCUT2D eigenvalue weighted by atomic mass is 16.6. The Labute approximate surface area is 117 Å². The predicted octanol–water partition coefficient (Wildman–Crippen LogP) is 3.66. The monoisotopic (exact) mass is 269 g/mol. The molecule has 0 aromatic heterocycles. The van der Waals surface area contributed by atoms with Gasteiger partial charge in [0.2, 0.25) is 0 Å². The lowest BCUT2D eigenvalue weighted by molar-refractivity contribution is -0.385. The fraction of sp³-hybridized carbons (Fsp3) is 0.188. The summed E-state index contributed by atoms with van der Waals surface area (Å²) in [7, 11) is 0. The summed E-state index contributed by atoms with van der Waals surface area (Å²) in [4.78, 5) is 22.8. The number of benzene rings is 2. The molecule has 4 heteroatoms. The summed E-state index contributed by atoms with van der Waals surface area (Å²) in [5.41, 5.74) is 1.30. The molecule has 0 bridgehead atoms. The second-order valence-corrected chi connectivity index (χ2v) is 4.72. The summed E-state index contributed by atoms with van der Waals surface area (Å²) in [5, 5.41) is 11.0. The van der Waals surface area contributed by atoms with Crippen LogP contribution in [0, 0.1) is 16.0 Å². The molecule has 0 N–H and O–H groups in total. The normalized spacial score (nSPS) is 11.8. The van der Waals surface area contributed by atoms with Crippen molar-refractivity contribution in [1.82, 2.24) is 0 Å². The smallest absolute Gasteiger partial charge is 0.272 e. The number of para-hydroxylation sites is 1. The highest BCUT2D eigenvalue weighted by molar-refractivity contribution is 5.97. The van der Waals surface area contributed by atoms with Crippen LogP contribution >= 0.6 is 0 Å². The van der Waals surface area contributed by atoms with Gasteiger partial charge in [-0.25, -0.2) is 0 Å². The number of hydrogen-bond acceptors (Lipinski definition) is 3. The number of carbonyl (C=O) groups is 1. The Hall–Kier alpha value is -2.49. The van der Waals surface area contributed by atoms with Crippen LogP contribution < -0.4 is 0 Å². The molecule has 0 saturated heterocycles. The topological polar surface area (TPSA) is 60.2 Å². The van der Waals surface area contributed by atoms with E-state index in [9.17, 15) is 14.9 Å². The Morgan fingerprint density at radius 3 is 2.35 bits per heavy atom. The fourth-order valence-corrected chi connectivity index (χ4v) is 2.17. The Morgan fingerprint density at radius 2 is 1.70 bits per heavy atom. The predicted molar refractivity (Wildman–Crippen MR) is 76.7 cm³/mol. The number of nitro benzene ring substituents is 1. The van der Waals surface area contributed by atoms with Crippen LogP contribution in [0.1, 0.15) is 22.8 Å². The minimum Gasteiger partial charge on any atom is -0.294 e. The molecule has 20 heavy (non-hydrogen) atoms. The van der Waals surface area contributed by atoms with Crippen molar-refractivity contribution < 1.29 is 9.72 Å². The summed E-state index contributed by atoms with van der Waals surface area (Å²) in [6, 6.07) is 15.5. The largest absolute Gasteiger partial charge is 0.294 e. The van der Waals surface area contributed by atoms with E-state index in [1.54, 1.807) is 37.3 Å². The second-order valence-electron chi connectivity index (χ2n) is 4.72. The lowest BCUT2D eigenvalue weighted by atomic mass is 9.92. The number of nitro groups is 1. The highest BCUT2D eigenvalue weighted by Crippen LogP contribution is 2.22. The highest BCUT2D eigenvalue weighted by Gasteiger charge is 2.20. The minimum atomic E-state index is -0.408. The molecule has 0 aliphatic carbocycles. The molecule has 0 fully saturated rings. The van der Waals surface area contributed by atoms with Crippen molar-refractivity contribution in [3.05, 3.63) is 75.8 Å². The van der Waals surface area contributed by atoms with Crippen LogP contribution in [0.15, 0.2) is 54.6 Å². The molecular formula is C16H15NO3. The molecule has 0 aliphatic rings. The summed E-state index contributed by atoms with van der Waals surface area (Å²) in [6.45, 7) is 1.80. The van der Waals surface area contributed by atoms with Crippen molar-refractivity contribution in [2.75, 3.05) is 0 Å². The molecule has 0 aliphatic heterocycles. The van der Waals surface area contributed by atoms with E-state index in [1.807, 2.05) is 18.2 Å². The molecule has 2 rings (SSSR count). The first-order chi connectivity index (χ1) is 9.59. The number of carbonyl (C=O) groups excluding carboxylic acids is 1. The fourth-order valence-electron chi connectivity index (χ4n) is 2.17. The first-order valence-electron chi connectivity index (χ1n) is 6.41. The van der Waals surface area contributed by atoms with Gasteiger partial charge in [-0.2, -0.15) is 0 Å². The van der Waals surface area contributed by atoms with Crippen molar-refractivity contribution >= 4 is 11.5 Å². The van der Waals surface area contributed by atoms with E-state index < -0.39 is 4.92 Å². The molecule has 0 saturated carbocycles. The van der Waals surface area contributed by atoms with Crippen LogP contribution in [0.3, 0.4) is 0 Å². The van der Waals surface area contributed by atoms with Gasteiger partial charge in [0.05, 0.1) is 4.92 Å². The molecular weight excluding hydrogens is 254 g/mol. The van der Waals surface area contributed by atoms with Gasteiger partial charge in [0.15, 0.2) is 5.78 Å². The first-order valence-corrected chi connectivity index (χ1v) is 6.41. The summed E-state index contributed by atoms with van der Waals surface area (Å²) in [5.74, 6) is -0.290. The average Bonchev–Trinajstić information content (AvgIpc) is 2.47. The van der Waals surface area contributed by atoms with Gasteiger partial charge in [-0.15, -0.1) is 0 Å². The van der Waals surface area contributed by atoms with E-state index in [0.717, 1.165) is 0 Å². The van der Waals surface area contributed by atoms with Crippen LogP contribution in [-0.2, 0) is 6.42 Å². The van der Waals surface area contributed by atoms with E-state index in [-0.39, 0.29) is 17.4 Å². The Kier molecular flexibility index (Phi) is 4.25. The third-order valence-corrected chi connectivity index (χ3v) is 3.22. The number of hydrogen-bond donors (Lipinski definition) is 0. The minimum absolute atomic E-state index is 0.00347. The number of nitrogens with zero attached hydrogens (tertiary/aromatic N) is 1. The summed E-state index contributed by atoms with van der Waals surface area (Å²) < 4.78 is 0.